The molecular formula is C22H27N5O. The largest absolute Gasteiger partial charge is 0.337 e. The van der Waals surface area contributed by atoms with Gasteiger partial charge in [-0.25, -0.2) is 0 Å². The summed E-state index contributed by atoms with van der Waals surface area (Å²) in [4.78, 5) is 14.0. The van der Waals surface area contributed by atoms with Crippen LogP contribution in [-0.2, 0) is 6.54 Å². The van der Waals surface area contributed by atoms with E-state index in [-0.39, 0.29) is 6.04 Å². The van der Waals surface area contributed by atoms with E-state index < -0.39 is 0 Å². The monoisotopic (exact) mass is 377 g/mol. The van der Waals surface area contributed by atoms with E-state index in [1.807, 2.05) is 24.4 Å². The van der Waals surface area contributed by atoms with Gasteiger partial charge in [0.15, 0.2) is 0 Å². The molecule has 0 spiro atoms. The molecule has 6 nitrogen and oxygen atoms in total. The van der Waals surface area contributed by atoms with Crippen molar-refractivity contribution in [3.63, 3.8) is 0 Å². The van der Waals surface area contributed by atoms with Gasteiger partial charge >= 0.3 is 0 Å². The molecule has 4 rings (SSSR count). The normalized spacial score (nSPS) is 17.0. The molecule has 0 saturated carbocycles. The highest BCUT2D eigenvalue weighted by atomic mass is 16.5. The van der Waals surface area contributed by atoms with Gasteiger partial charge in [-0.2, -0.15) is 4.98 Å². The van der Waals surface area contributed by atoms with Gasteiger partial charge in [0.05, 0.1) is 11.7 Å². The van der Waals surface area contributed by atoms with Crippen LogP contribution in [0.15, 0.2) is 47.1 Å². The summed E-state index contributed by atoms with van der Waals surface area (Å²) in [6.07, 6.45) is 1.88. The Morgan fingerprint density at radius 3 is 2.50 bits per heavy atom. The third-order valence-corrected chi connectivity index (χ3v) is 5.55. The molecule has 1 aromatic carbocycles. The van der Waals surface area contributed by atoms with Gasteiger partial charge in [0, 0.05) is 44.5 Å². The van der Waals surface area contributed by atoms with E-state index in [1.54, 1.807) is 0 Å². The first-order valence-corrected chi connectivity index (χ1v) is 9.87. The van der Waals surface area contributed by atoms with Gasteiger partial charge < -0.3 is 4.52 Å². The molecule has 3 aromatic rings. The summed E-state index contributed by atoms with van der Waals surface area (Å²) in [6.45, 7) is 11.2. The zero-order valence-corrected chi connectivity index (χ0v) is 16.8. The van der Waals surface area contributed by atoms with Crippen molar-refractivity contribution >= 4 is 0 Å². The summed E-state index contributed by atoms with van der Waals surface area (Å²) in [5.41, 5.74) is 4.64. The predicted molar refractivity (Wildman–Crippen MR) is 109 cm³/mol. The van der Waals surface area contributed by atoms with Crippen LogP contribution >= 0.6 is 0 Å². The lowest BCUT2D eigenvalue weighted by molar-refractivity contribution is 0.0838. The maximum Gasteiger partial charge on any atom is 0.244 e. The zero-order valence-electron chi connectivity index (χ0n) is 16.8. The third kappa shape index (κ3) is 4.13. The highest BCUT2D eigenvalue weighted by Gasteiger charge is 2.26. The Bertz CT molecular complexity index is 913. The molecule has 28 heavy (non-hydrogen) atoms. The summed E-state index contributed by atoms with van der Waals surface area (Å²) < 4.78 is 5.58. The Hall–Kier alpha value is -2.57. The van der Waals surface area contributed by atoms with Gasteiger partial charge in [-0.1, -0.05) is 41.1 Å². The van der Waals surface area contributed by atoms with Gasteiger partial charge in [-0.3, -0.25) is 14.8 Å². The molecule has 1 aliphatic heterocycles. The molecule has 6 heteroatoms. The van der Waals surface area contributed by atoms with Gasteiger partial charge in [0.1, 0.15) is 0 Å². The van der Waals surface area contributed by atoms with Crippen molar-refractivity contribution < 1.29 is 4.52 Å². The molecule has 1 unspecified atom stereocenters. The molecule has 0 bridgehead atoms. The summed E-state index contributed by atoms with van der Waals surface area (Å²) in [5.74, 6) is 1.34. The second kappa shape index (κ2) is 8.20. The van der Waals surface area contributed by atoms with Crippen molar-refractivity contribution in [2.75, 3.05) is 26.2 Å². The fourth-order valence-corrected chi connectivity index (χ4v) is 3.59. The first-order valence-electron chi connectivity index (χ1n) is 9.87. The molecule has 0 radical (unpaired) electrons. The van der Waals surface area contributed by atoms with E-state index in [1.165, 1.54) is 16.8 Å². The summed E-state index contributed by atoms with van der Waals surface area (Å²) in [5, 5.41) is 4.18. The number of aryl methyl sites for hydroxylation is 2. The quantitative estimate of drug-likeness (QED) is 0.677. The number of hydrogen-bond donors (Lipinski definition) is 0. The fourth-order valence-electron chi connectivity index (χ4n) is 3.59. The standard InChI is InChI=1S/C22H27N5O/c1-16-6-8-19(9-7-16)21-24-22(28-25-21)18(3)27-13-11-26(12-14-27)15-20-17(2)5-4-10-23-20/h4-10,18H,11-15H2,1-3H3. The molecule has 146 valence electrons. The number of hydrogen-bond acceptors (Lipinski definition) is 6. The lowest BCUT2D eigenvalue weighted by atomic mass is 10.1. The molecule has 0 N–H and O–H groups in total. The number of benzene rings is 1. The zero-order chi connectivity index (χ0) is 19.5. The van der Waals surface area contributed by atoms with E-state index in [9.17, 15) is 0 Å². The first-order chi connectivity index (χ1) is 13.6. The van der Waals surface area contributed by atoms with Gasteiger partial charge in [0.25, 0.3) is 0 Å². The van der Waals surface area contributed by atoms with Crippen molar-refractivity contribution in [2.24, 2.45) is 0 Å². The summed E-state index contributed by atoms with van der Waals surface area (Å²) in [7, 11) is 0. The van der Waals surface area contributed by atoms with Gasteiger partial charge in [0.2, 0.25) is 11.7 Å². The smallest absolute Gasteiger partial charge is 0.244 e. The van der Waals surface area contributed by atoms with Crippen LogP contribution in [0.3, 0.4) is 0 Å². The molecule has 0 aliphatic carbocycles. The lowest BCUT2D eigenvalue weighted by Crippen LogP contribution is -2.46. The van der Waals surface area contributed by atoms with Crippen LogP contribution in [-0.4, -0.2) is 51.1 Å². The van der Waals surface area contributed by atoms with Crippen LogP contribution in [0.25, 0.3) is 11.4 Å². The Kier molecular flexibility index (Phi) is 5.50. The maximum absolute atomic E-state index is 5.58. The second-order valence-electron chi connectivity index (χ2n) is 7.58. The van der Waals surface area contributed by atoms with Crippen LogP contribution in [0.4, 0.5) is 0 Å². The van der Waals surface area contributed by atoms with E-state index in [0.29, 0.717) is 11.7 Å². The van der Waals surface area contributed by atoms with Crippen LogP contribution < -0.4 is 0 Å². The number of aromatic nitrogens is 3. The van der Waals surface area contributed by atoms with E-state index in [2.05, 4.69) is 63.9 Å². The fraction of sp³-hybridized carbons (Fsp3) is 0.409. The number of pyridine rings is 1. The molecule has 1 atom stereocenters. The number of piperazine rings is 1. The molecule has 1 aliphatic rings. The van der Waals surface area contributed by atoms with Crippen LogP contribution in [0.2, 0.25) is 0 Å². The van der Waals surface area contributed by atoms with Crippen molar-refractivity contribution in [3.8, 4) is 11.4 Å². The Balaban J connectivity index is 1.36. The Labute approximate surface area is 166 Å². The number of nitrogens with zero attached hydrogens (tertiary/aromatic N) is 5. The molecule has 0 amide bonds. The topological polar surface area (TPSA) is 58.3 Å². The van der Waals surface area contributed by atoms with E-state index in [0.717, 1.165) is 38.3 Å². The van der Waals surface area contributed by atoms with E-state index in [4.69, 9.17) is 4.52 Å². The van der Waals surface area contributed by atoms with E-state index >= 15 is 0 Å². The van der Waals surface area contributed by atoms with Crippen LogP contribution in [0.1, 0.15) is 35.7 Å². The first kappa shape index (κ1) is 18.8. The highest BCUT2D eigenvalue weighted by molar-refractivity contribution is 5.54. The van der Waals surface area contributed by atoms with Gasteiger partial charge in [-0.05, 0) is 32.4 Å². The molecule has 2 aromatic heterocycles. The molecule has 3 heterocycles. The molecule has 1 fully saturated rings. The van der Waals surface area contributed by atoms with Crippen LogP contribution in [0, 0.1) is 13.8 Å². The second-order valence-corrected chi connectivity index (χ2v) is 7.58. The average molecular weight is 377 g/mol. The minimum atomic E-state index is 0.116. The molecule has 1 saturated heterocycles. The predicted octanol–water partition coefficient (Wildman–Crippen LogP) is 3.63. The van der Waals surface area contributed by atoms with Crippen molar-refractivity contribution in [1.29, 1.82) is 0 Å². The van der Waals surface area contributed by atoms with Crippen molar-refractivity contribution in [2.45, 2.75) is 33.4 Å². The summed E-state index contributed by atoms with van der Waals surface area (Å²) >= 11 is 0. The minimum absolute atomic E-state index is 0.116. The minimum Gasteiger partial charge on any atom is -0.337 e. The van der Waals surface area contributed by atoms with Crippen molar-refractivity contribution in [1.82, 2.24) is 24.9 Å². The molecular weight excluding hydrogens is 350 g/mol. The Morgan fingerprint density at radius 1 is 1.04 bits per heavy atom. The summed E-state index contributed by atoms with van der Waals surface area (Å²) in [6, 6.07) is 12.4. The highest BCUT2D eigenvalue weighted by Crippen LogP contribution is 2.24. The Morgan fingerprint density at radius 2 is 1.79 bits per heavy atom. The maximum atomic E-state index is 5.58. The SMILES string of the molecule is Cc1ccc(-c2noc(C(C)N3CCN(Cc4ncccc4C)CC3)n2)cc1. The van der Waals surface area contributed by atoms with Gasteiger partial charge in [-0.15, -0.1) is 0 Å². The van der Waals surface area contributed by atoms with Crippen molar-refractivity contribution in [3.05, 3.63) is 65.3 Å². The number of rotatable bonds is 5. The lowest BCUT2D eigenvalue weighted by Gasteiger charge is -2.36. The average Bonchev–Trinajstić information content (AvgIpc) is 3.20. The third-order valence-electron chi connectivity index (χ3n) is 5.55. The van der Waals surface area contributed by atoms with Crippen LogP contribution in [0.5, 0.6) is 0 Å².